The Morgan fingerprint density at radius 2 is 2.24 bits per heavy atom. The largest absolute Gasteiger partial charge is 0.382 e. The third-order valence-electron chi connectivity index (χ3n) is 3.36. The Hall–Kier alpha value is -1.29. The van der Waals surface area contributed by atoms with E-state index in [0.29, 0.717) is 12.0 Å². The molecule has 1 aliphatic rings. The van der Waals surface area contributed by atoms with Gasteiger partial charge in [0.25, 0.3) is 5.69 Å². The van der Waals surface area contributed by atoms with Crippen LogP contribution in [0.2, 0.25) is 5.02 Å². The zero-order valence-electron chi connectivity index (χ0n) is 9.65. The Bertz CT molecular complexity index is 437. The van der Waals surface area contributed by atoms with Crippen molar-refractivity contribution in [2.75, 3.05) is 5.32 Å². The molecule has 0 radical (unpaired) electrons. The summed E-state index contributed by atoms with van der Waals surface area (Å²) in [5.74, 6) is 0.643. The van der Waals surface area contributed by atoms with Gasteiger partial charge in [-0.1, -0.05) is 24.9 Å². The number of nitrogens with one attached hydrogen (secondary N) is 1. The van der Waals surface area contributed by atoms with Crippen LogP contribution < -0.4 is 5.32 Å². The number of benzene rings is 1. The lowest BCUT2D eigenvalue weighted by molar-refractivity contribution is -0.384. The molecule has 2 rings (SSSR count). The summed E-state index contributed by atoms with van der Waals surface area (Å²) in [6.07, 6.45) is 3.62. The minimum atomic E-state index is -0.468. The minimum Gasteiger partial charge on any atom is -0.382 e. The standard InChI is InChI=1S/C12H15ClN2O2/c1-8-3-2-4-11(8)14-9-5-6-12(15(16)17)10(13)7-9/h5-8,11,14H,2-4H2,1H3. The highest BCUT2D eigenvalue weighted by Gasteiger charge is 2.23. The molecular weight excluding hydrogens is 240 g/mol. The van der Waals surface area contributed by atoms with Crippen molar-refractivity contribution in [3.05, 3.63) is 33.3 Å². The van der Waals surface area contributed by atoms with Gasteiger partial charge in [0.2, 0.25) is 0 Å². The van der Waals surface area contributed by atoms with Crippen LogP contribution in [0, 0.1) is 16.0 Å². The number of halogens is 1. The van der Waals surface area contributed by atoms with Crippen LogP contribution in [0.5, 0.6) is 0 Å². The van der Waals surface area contributed by atoms with Crippen LogP contribution in [0.15, 0.2) is 18.2 Å². The Morgan fingerprint density at radius 3 is 2.76 bits per heavy atom. The lowest BCUT2D eigenvalue weighted by atomic mass is 10.1. The molecule has 0 aliphatic heterocycles. The molecule has 0 saturated heterocycles. The fourth-order valence-electron chi connectivity index (χ4n) is 2.32. The number of nitro benzene ring substituents is 1. The molecule has 2 unspecified atom stereocenters. The third kappa shape index (κ3) is 2.69. The van der Waals surface area contributed by atoms with E-state index in [2.05, 4.69) is 12.2 Å². The van der Waals surface area contributed by atoms with Crippen molar-refractivity contribution in [3.63, 3.8) is 0 Å². The molecule has 92 valence electrons. The van der Waals surface area contributed by atoms with Gasteiger partial charge in [-0.2, -0.15) is 0 Å². The Kier molecular flexibility index (Phi) is 3.52. The van der Waals surface area contributed by atoms with Gasteiger partial charge >= 0.3 is 0 Å². The average Bonchev–Trinajstić information content (AvgIpc) is 2.64. The molecule has 1 aromatic carbocycles. The molecule has 0 amide bonds. The molecule has 1 saturated carbocycles. The lowest BCUT2D eigenvalue weighted by Crippen LogP contribution is -2.21. The number of nitro groups is 1. The first-order chi connectivity index (χ1) is 8.08. The highest BCUT2D eigenvalue weighted by molar-refractivity contribution is 6.32. The Morgan fingerprint density at radius 1 is 1.47 bits per heavy atom. The zero-order valence-corrected chi connectivity index (χ0v) is 10.4. The topological polar surface area (TPSA) is 55.2 Å². The summed E-state index contributed by atoms with van der Waals surface area (Å²) in [5, 5.41) is 14.2. The lowest BCUT2D eigenvalue weighted by Gasteiger charge is -2.18. The molecule has 0 heterocycles. The van der Waals surface area contributed by atoms with Gasteiger partial charge in [0.15, 0.2) is 0 Å². The van der Waals surface area contributed by atoms with Gasteiger partial charge < -0.3 is 5.32 Å². The Labute approximate surface area is 105 Å². The third-order valence-corrected chi connectivity index (χ3v) is 3.66. The van der Waals surface area contributed by atoms with Gasteiger partial charge in [-0.3, -0.25) is 10.1 Å². The average molecular weight is 255 g/mol. The van der Waals surface area contributed by atoms with E-state index in [-0.39, 0.29) is 10.7 Å². The fraction of sp³-hybridized carbons (Fsp3) is 0.500. The molecule has 5 heteroatoms. The number of hydrogen-bond donors (Lipinski definition) is 1. The summed E-state index contributed by atoms with van der Waals surface area (Å²) in [6, 6.07) is 5.25. The predicted octanol–water partition coefficient (Wildman–Crippen LogP) is 3.85. The van der Waals surface area contributed by atoms with E-state index in [0.717, 1.165) is 12.1 Å². The SMILES string of the molecule is CC1CCCC1Nc1ccc([N+](=O)[O-])c(Cl)c1. The summed E-state index contributed by atoms with van der Waals surface area (Å²) in [7, 11) is 0. The van der Waals surface area contributed by atoms with Crippen LogP contribution in [0.4, 0.5) is 11.4 Å². The normalized spacial score (nSPS) is 23.6. The van der Waals surface area contributed by atoms with E-state index < -0.39 is 4.92 Å². The van der Waals surface area contributed by atoms with Crippen LogP contribution in [0.1, 0.15) is 26.2 Å². The fourth-order valence-corrected chi connectivity index (χ4v) is 2.57. The number of hydrogen-bond acceptors (Lipinski definition) is 3. The summed E-state index contributed by atoms with van der Waals surface area (Å²) in [4.78, 5) is 10.2. The molecule has 0 bridgehead atoms. The van der Waals surface area contributed by atoms with Crippen molar-refractivity contribution in [1.82, 2.24) is 0 Å². The van der Waals surface area contributed by atoms with Gasteiger partial charge in [-0.05, 0) is 30.9 Å². The number of anilines is 1. The van der Waals surface area contributed by atoms with E-state index in [1.165, 1.54) is 18.9 Å². The monoisotopic (exact) mass is 254 g/mol. The van der Waals surface area contributed by atoms with Gasteiger partial charge in [0, 0.05) is 17.8 Å². The maximum atomic E-state index is 10.6. The second kappa shape index (κ2) is 4.92. The summed E-state index contributed by atoms with van der Waals surface area (Å²) in [6.45, 7) is 2.22. The van der Waals surface area contributed by atoms with Crippen molar-refractivity contribution in [3.8, 4) is 0 Å². The van der Waals surface area contributed by atoms with E-state index >= 15 is 0 Å². The maximum Gasteiger partial charge on any atom is 0.288 e. The first-order valence-electron chi connectivity index (χ1n) is 5.78. The van der Waals surface area contributed by atoms with Crippen LogP contribution in [0.3, 0.4) is 0 Å². The first-order valence-corrected chi connectivity index (χ1v) is 6.16. The smallest absolute Gasteiger partial charge is 0.288 e. The molecule has 2 atom stereocenters. The van der Waals surface area contributed by atoms with E-state index in [4.69, 9.17) is 11.6 Å². The van der Waals surface area contributed by atoms with Gasteiger partial charge in [0.05, 0.1) is 4.92 Å². The van der Waals surface area contributed by atoms with E-state index in [9.17, 15) is 10.1 Å². The van der Waals surface area contributed by atoms with E-state index in [1.807, 2.05) is 0 Å². The summed E-state index contributed by atoms with van der Waals surface area (Å²) in [5.41, 5.74) is 0.816. The molecule has 1 aliphatic carbocycles. The van der Waals surface area contributed by atoms with Crippen molar-refractivity contribution in [2.45, 2.75) is 32.2 Å². The maximum absolute atomic E-state index is 10.6. The van der Waals surface area contributed by atoms with Gasteiger partial charge in [0.1, 0.15) is 5.02 Å². The van der Waals surface area contributed by atoms with Crippen LogP contribution in [-0.2, 0) is 0 Å². The van der Waals surface area contributed by atoms with Crippen molar-refractivity contribution >= 4 is 23.0 Å². The second-order valence-corrected chi connectivity index (χ2v) is 4.99. The van der Waals surface area contributed by atoms with Crippen molar-refractivity contribution in [1.29, 1.82) is 0 Å². The summed E-state index contributed by atoms with van der Waals surface area (Å²) >= 11 is 5.86. The molecular formula is C12H15ClN2O2. The summed E-state index contributed by atoms with van der Waals surface area (Å²) < 4.78 is 0. The molecule has 0 aromatic heterocycles. The molecule has 1 aromatic rings. The zero-order chi connectivity index (χ0) is 12.4. The molecule has 1 N–H and O–H groups in total. The molecule has 1 fully saturated rings. The van der Waals surface area contributed by atoms with Crippen LogP contribution >= 0.6 is 11.6 Å². The Balaban J connectivity index is 2.12. The highest BCUT2D eigenvalue weighted by Crippen LogP contribution is 2.31. The molecule has 0 spiro atoms. The van der Waals surface area contributed by atoms with E-state index in [1.54, 1.807) is 12.1 Å². The minimum absolute atomic E-state index is 0.0447. The van der Waals surface area contributed by atoms with Gasteiger partial charge in [-0.25, -0.2) is 0 Å². The second-order valence-electron chi connectivity index (χ2n) is 4.58. The van der Waals surface area contributed by atoms with Crippen molar-refractivity contribution < 1.29 is 4.92 Å². The van der Waals surface area contributed by atoms with Crippen molar-refractivity contribution in [2.24, 2.45) is 5.92 Å². The van der Waals surface area contributed by atoms with Crippen LogP contribution in [-0.4, -0.2) is 11.0 Å². The predicted molar refractivity (Wildman–Crippen MR) is 68.5 cm³/mol. The number of nitrogens with zero attached hydrogens (tertiary/aromatic N) is 1. The first kappa shape index (κ1) is 12.2. The quantitative estimate of drug-likeness (QED) is 0.658. The highest BCUT2D eigenvalue weighted by atomic mass is 35.5. The van der Waals surface area contributed by atoms with Crippen LogP contribution in [0.25, 0.3) is 0 Å². The molecule has 17 heavy (non-hydrogen) atoms. The van der Waals surface area contributed by atoms with Gasteiger partial charge in [-0.15, -0.1) is 0 Å². The molecule has 4 nitrogen and oxygen atoms in total. The number of rotatable bonds is 3.